The van der Waals surface area contributed by atoms with E-state index in [2.05, 4.69) is 15.6 Å². The van der Waals surface area contributed by atoms with Gasteiger partial charge in [0.15, 0.2) is 0 Å². The number of nitrogens with one attached hydrogen (secondary N) is 1. The molecule has 1 aromatic carbocycles. The van der Waals surface area contributed by atoms with Crippen LogP contribution in [0.5, 0.6) is 5.75 Å². The Balaban J connectivity index is 1.69. The number of aryl methyl sites for hydroxylation is 1. The van der Waals surface area contributed by atoms with Crippen LogP contribution in [0.2, 0.25) is 5.02 Å². The number of methoxy groups -OCH3 is 1. The largest absolute Gasteiger partial charge is 0.495 e. The number of nitrogens with zero attached hydrogens (tertiary/aromatic N) is 4. The molecule has 1 aromatic heterocycles. The molecule has 0 bridgehead atoms. The minimum Gasteiger partial charge on any atom is -0.495 e. The van der Waals surface area contributed by atoms with Gasteiger partial charge in [-0.15, -0.1) is 10.2 Å². The van der Waals surface area contributed by atoms with Crippen molar-refractivity contribution in [1.82, 2.24) is 19.8 Å². The lowest BCUT2D eigenvalue weighted by Crippen LogP contribution is -2.49. The molecule has 4 rings (SSSR count). The Bertz CT molecular complexity index is 855. The first-order valence-corrected chi connectivity index (χ1v) is 9.89. The first-order valence-electron chi connectivity index (χ1n) is 8.63. The van der Waals surface area contributed by atoms with Crippen LogP contribution in [0, 0.1) is 6.92 Å². The molecule has 0 aliphatic carbocycles. The van der Waals surface area contributed by atoms with Crippen molar-refractivity contribution in [2.24, 2.45) is 0 Å². The van der Waals surface area contributed by atoms with Gasteiger partial charge >= 0.3 is 0 Å². The second-order valence-corrected chi connectivity index (χ2v) is 7.86. The Morgan fingerprint density at radius 1 is 1.37 bits per heavy atom. The average Bonchev–Trinajstić information content (AvgIpc) is 3.07. The van der Waals surface area contributed by atoms with Crippen LogP contribution in [-0.2, 0) is 9.53 Å². The van der Waals surface area contributed by atoms with Crippen LogP contribution < -0.4 is 10.2 Å². The lowest BCUT2D eigenvalue weighted by Gasteiger charge is -2.37. The van der Waals surface area contributed by atoms with Gasteiger partial charge in [-0.3, -0.25) is 4.79 Å². The highest BCUT2D eigenvalue weighted by Crippen LogP contribution is 2.39. The van der Waals surface area contributed by atoms with Gasteiger partial charge in [0.2, 0.25) is 11.1 Å². The third-order valence-corrected chi connectivity index (χ3v) is 6.20. The maximum atomic E-state index is 13.3. The Kier molecular flexibility index (Phi) is 5.16. The van der Waals surface area contributed by atoms with Gasteiger partial charge in [0, 0.05) is 13.1 Å². The molecule has 8 nitrogen and oxygen atoms in total. The van der Waals surface area contributed by atoms with E-state index in [1.807, 2.05) is 34.7 Å². The molecule has 10 heteroatoms. The van der Waals surface area contributed by atoms with Gasteiger partial charge in [0.25, 0.3) is 0 Å². The fourth-order valence-electron chi connectivity index (χ4n) is 3.24. The second-order valence-electron chi connectivity index (χ2n) is 6.34. The summed E-state index contributed by atoms with van der Waals surface area (Å²) < 4.78 is 12.4. The molecule has 3 heterocycles. The number of fused-ring (bicyclic) bond motifs is 1. The van der Waals surface area contributed by atoms with Crippen molar-refractivity contribution in [3.05, 3.63) is 34.6 Å². The molecule has 2 aromatic rings. The highest BCUT2D eigenvalue weighted by molar-refractivity contribution is 8.00. The number of rotatable bonds is 3. The number of morpholine rings is 1. The van der Waals surface area contributed by atoms with E-state index in [-0.39, 0.29) is 17.2 Å². The summed E-state index contributed by atoms with van der Waals surface area (Å²) in [6, 6.07) is 5.29. The van der Waals surface area contributed by atoms with Crippen molar-refractivity contribution in [2.75, 3.05) is 38.8 Å². The summed E-state index contributed by atoms with van der Waals surface area (Å²) in [4.78, 5) is 15.1. The van der Waals surface area contributed by atoms with E-state index in [0.717, 1.165) is 11.4 Å². The van der Waals surface area contributed by atoms with Crippen LogP contribution in [0.25, 0.3) is 0 Å². The topological polar surface area (TPSA) is 81.5 Å². The summed E-state index contributed by atoms with van der Waals surface area (Å²) in [6.45, 7) is 4.18. The summed E-state index contributed by atoms with van der Waals surface area (Å²) in [5.41, 5.74) is 4.29. The fraction of sp³-hybridized carbons (Fsp3) is 0.471. The number of amides is 1. The molecule has 1 N–H and O–H groups in total. The van der Waals surface area contributed by atoms with Crippen LogP contribution in [0.15, 0.2) is 23.4 Å². The summed E-state index contributed by atoms with van der Waals surface area (Å²) in [5, 5.41) is 9.09. The standard InChI is InChI=1S/C17H20ClN5O3S/c1-10-19-20-17-23(10)21-14(11-3-4-13(25-2)12(18)9-11)15(27-17)16(24)22-5-7-26-8-6-22/h3-4,9,14-15,21H,5-8H2,1-2H3/t14-,15+/m0/s1. The summed E-state index contributed by atoms with van der Waals surface area (Å²) in [5.74, 6) is 1.39. The Labute approximate surface area is 166 Å². The number of aromatic nitrogens is 3. The van der Waals surface area contributed by atoms with Gasteiger partial charge < -0.3 is 19.8 Å². The number of hydrogen-bond acceptors (Lipinski definition) is 7. The molecule has 0 spiro atoms. The molecule has 2 atom stereocenters. The summed E-state index contributed by atoms with van der Waals surface area (Å²) in [6.07, 6.45) is 0. The number of thioether (sulfide) groups is 1. The average molecular weight is 410 g/mol. The molecule has 0 saturated carbocycles. The molecule has 1 amide bonds. The van der Waals surface area contributed by atoms with E-state index in [4.69, 9.17) is 21.1 Å². The molecule has 2 aliphatic rings. The molecule has 27 heavy (non-hydrogen) atoms. The van der Waals surface area contributed by atoms with Crippen molar-refractivity contribution in [2.45, 2.75) is 23.4 Å². The molecule has 1 saturated heterocycles. The summed E-state index contributed by atoms with van der Waals surface area (Å²) in [7, 11) is 1.58. The maximum absolute atomic E-state index is 13.3. The van der Waals surface area contributed by atoms with Gasteiger partial charge in [0.05, 0.1) is 31.4 Å². The van der Waals surface area contributed by atoms with Crippen LogP contribution in [0.4, 0.5) is 0 Å². The van der Waals surface area contributed by atoms with E-state index in [1.54, 1.807) is 7.11 Å². The zero-order chi connectivity index (χ0) is 19.0. The molecule has 144 valence electrons. The first-order chi connectivity index (χ1) is 13.1. The monoisotopic (exact) mass is 409 g/mol. The van der Waals surface area contributed by atoms with Crippen molar-refractivity contribution < 1.29 is 14.3 Å². The van der Waals surface area contributed by atoms with Crippen LogP contribution in [0.3, 0.4) is 0 Å². The highest BCUT2D eigenvalue weighted by Gasteiger charge is 2.40. The van der Waals surface area contributed by atoms with Gasteiger partial charge in [-0.1, -0.05) is 29.4 Å². The predicted octanol–water partition coefficient (Wildman–Crippen LogP) is 1.87. The van der Waals surface area contributed by atoms with E-state index in [9.17, 15) is 4.79 Å². The van der Waals surface area contributed by atoms with Gasteiger partial charge in [-0.25, -0.2) is 4.68 Å². The number of carbonyl (C=O) groups excluding carboxylic acids is 1. The number of ether oxygens (including phenoxy) is 2. The number of carbonyl (C=O) groups is 1. The van der Waals surface area contributed by atoms with Crippen LogP contribution in [0.1, 0.15) is 17.4 Å². The SMILES string of the molecule is COc1ccc([C@@H]2Nn3c(C)nnc3S[C@H]2C(=O)N2CCOCC2)cc1Cl. The van der Waals surface area contributed by atoms with Crippen molar-refractivity contribution in [1.29, 1.82) is 0 Å². The number of benzene rings is 1. The third kappa shape index (κ3) is 3.46. The number of hydrogen-bond donors (Lipinski definition) is 1. The van der Waals surface area contributed by atoms with Crippen molar-refractivity contribution >= 4 is 29.3 Å². The van der Waals surface area contributed by atoms with E-state index in [1.165, 1.54) is 11.8 Å². The maximum Gasteiger partial charge on any atom is 0.238 e. The lowest BCUT2D eigenvalue weighted by molar-refractivity contribution is -0.135. The van der Waals surface area contributed by atoms with Gasteiger partial charge in [-0.2, -0.15) is 0 Å². The molecular weight excluding hydrogens is 390 g/mol. The second kappa shape index (κ2) is 7.57. The summed E-state index contributed by atoms with van der Waals surface area (Å²) >= 11 is 7.75. The minimum atomic E-state index is -0.385. The zero-order valence-electron chi connectivity index (χ0n) is 15.0. The Hall–Kier alpha value is -1.97. The first kappa shape index (κ1) is 18.4. The third-order valence-electron chi connectivity index (χ3n) is 4.70. The molecule has 1 fully saturated rings. The molecular formula is C17H20ClN5O3S. The van der Waals surface area contributed by atoms with Crippen LogP contribution >= 0.6 is 23.4 Å². The predicted molar refractivity (Wildman–Crippen MR) is 102 cm³/mol. The Morgan fingerprint density at radius 2 is 2.15 bits per heavy atom. The van der Waals surface area contributed by atoms with E-state index >= 15 is 0 Å². The van der Waals surface area contributed by atoms with Crippen molar-refractivity contribution in [3.8, 4) is 5.75 Å². The lowest BCUT2D eigenvalue weighted by atomic mass is 10.0. The minimum absolute atomic E-state index is 0.0552. The molecule has 2 aliphatic heterocycles. The zero-order valence-corrected chi connectivity index (χ0v) is 16.6. The fourth-order valence-corrected chi connectivity index (χ4v) is 4.71. The van der Waals surface area contributed by atoms with Gasteiger partial charge in [0.1, 0.15) is 16.8 Å². The van der Waals surface area contributed by atoms with Crippen LogP contribution in [-0.4, -0.2) is 64.3 Å². The quantitative estimate of drug-likeness (QED) is 0.828. The van der Waals surface area contributed by atoms with Crippen molar-refractivity contribution in [3.63, 3.8) is 0 Å². The normalized spacial score (nSPS) is 22.1. The smallest absolute Gasteiger partial charge is 0.238 e. The number of halogens is 1. The molecule has 0 radical (unpaired) electrons. The van der Waals surface area contributed by atoms with E-state index in [0.29, 0.717) is 42.2 Å². The molecule has 0 unspecified atom stereocenters. The highest BCUT2D eigenvalue weighted by atomic mass is 35.5. The van der Waals surface area contributed by atoms with E-state index < -0.39 is 0 Å². The Morgan fingerprint density at radius 3 is 2.85 bits per heavy atom. The van der Waals surface area contributed by atoms with Gasteiger partial charge in [-0.05, 0) is 24.6 Å².